The molecule has 0 saturated carbocycles. The predicted molar refractivity (Wildman–Crippen MR) is 92.9 cm³/mol. The van der Waals surface area contributed by atoms with Crippen molar-refractivity contribution < 1.29 is 4.79 Å². The Morgan fingerprint density at radius 3 is 2.83 bits per heavy atom. The van der Waals surface area contributed by atoms with Gasteiger partial charge in [0.1, 0.15) is 5.82 Å². The maximum Gasteiger partial charge on any atom is 0.252 e. The molecule has 4 nitrogen and oxygen atoms in total. The van der Waals surface area contributed by atoms with Crippen molar-refractivity contribution in [1.29, 1.82) is 0 Å². The van der Waals surface area contributed by atoms with Gasteiger partial charge < -0.3 is 9.88 Å². The summed E-state index contributed by atoms with van der Waals surface area (Å²) in [5.74, 6) is 0.842. The summed E-state index contributed by atoms with van der Waals surface area (Å²) in [6, 6.07) is 13.3. The molecule has 0 aliphatic carbocycles. The second-order valence-electron chi connectivity index (χ2n) is 5.53. The van der Waals surface area contributed by atoms with Crippen molar-refractivity contribution in [2.75, 3.05) is 6.54 Å². The van der Waals surface area contributed by atoms with Crippen LogP contribution in [0.25, 0.3) is 11.0 Å². The van der Waals surface area contributed by atoms with E-state index in [1.165, 1.54) is 0 Å². The Morgan fingerprint density at radius 2 is 2.04 bits per heavy atom. The molecule has 1 N–H and O–H groups in total. The zero-order valence-electron chi connectivity index (χ0n) is 13.1. The first-order valence-electron chi connectivity index (χ1n) is 7.51. The highest BCUT2D eigenvalue weighted by molar-refractivity contribution is 6.33. The second kappa shape index (κ2) is 6.42. The van der Waals surface area contributed by atoms with Gasteiger partial charge in [0.25, 0.3) is 5.91 Å². The molecule has 1 aromatic heterocycles. The number of imidazole rings is 1. The molecule has 2 aromatic carbocycles. The quantitative estimate of drug-likeness (QED) is 0.797. The standard InChI is InChI=1S/C18H18ClN3O/c1-12-21-16-11-13(7-8-17(16)22(12)2)9-10-20-18(23)14-5-3-4-6-15(14)19/h3-8,11H,9-10H2,1-2H3,(H,20,23). The van der Waals surface area contributed by atoms with Crippen molar-refractivity contribution in [3.63, 3.8) is 0 Å². The Morgan fingerprint density at radius 1 is 1.26 bits per heavy atom. The molecule has 3 rings (SSSR count). The number of hydrogen-bond acceptors (Lipinski definition) is 2. The third-order valence-electron chi connectivity index (χ3n) is 3.99. The number of hydrogen-bond donors (Lipinski definition) is 1. The van der Waals surface area contributed by atoms with E-state index >= 15 is 0 Å². The van der Waals surface area contributed by atoms with Gasteiger partial charge in [0.15, 0.2) is 0 Å². The third-order valence-corrected chi connectivity index (χ3v) is 4.32. The number of aromatic nitrogens is 2. The van der Waals surface area contributed by atoms with Crippen LogP contribution in [0.2, 0.25) is 5.02 Å². The number of fused-ring (bicyclic) bond motifs is 1. The van der Waals surface area contributed by atoms with Crippen molar-refractivity contribution in [2.24, 2.45) is 7.05 Å². The number of nitrogens with one attached hydrogen (secondary N) is 1. The summed E-state index contributed by atoms with van der Waals surface area (Å²) in [6.07, 6.45) is 0.752. The highest BCUT2D eigenvalue weighted by atomic mass is 35.5. The molecule has 0 unspecified atom stereocenters. The van der Waals surface area contributed by atoms with Gasteiger partial charge >= 0.3 is 0 Å². The van der Waals surface area contributed by atoms with E-state index in [1.807, 2.05) is 20.0 Å². The number of carbonyl (C=O) groups excluding carboxylic acids is 1. The third kappa shape index (κ3) is 3.22. The van der Waals surface area contributed by atoms with Crippen LogP contribution in [0.15, 0.2) is 42.5 Å². The lowest BCUT2D eigenvalue weighted by atomic mass is 10.1. The predicted octanol–water partition coefficient (Wildman–Crippen LogP) is 3.51. The number of nitrogens with zero attached hydrogens (tertiary/aromatic N) is 2. The molecule has 0 spiro atoms. The lowest BCUT2D eigenvalue weighted by Crippen LogP contribution is -2.25. The fraction of sp³-hybridized carbons (Fsp3) is 0.222. The first-order chi connectivity index (χ1) is 11.1. The topological polar surface area (TPSA) is 46.9 Å². The van der Waals surface area contributed by atoms with E-state index in [1.54, 1.807) is 18.2 Å². The van der Waals surface area contributed by atoms with Gasteiger partial charge in [-0.05, 0) is 43.2 Å². The van der Waals surface area contributed by atoms with Crippen molar-refractivity contribution in [3.8, 4) is 0 Å². The number of carbonyl (C=O) groups is 1. The number of rotatable bonds is 4. The van der Waals surface area contributed by atoms with Crippen molar-refractivity contribution in [3.05, 3.63) is 64.4 Å². The first-order valence-corrected chi connectivity index (χ1v) is 7.89. The van der Waals surface area contributed by atoms with Crippen LogP contribution in [0.4, 0.5) is 0 Å². The van der Waals surface area contributed by atoms with Crippen LogP contribution in [0.3, 0.4) is 0 Å². The summed E-state index contributed by atoms with van der Waals surface area (Å²) in [5.41, 5.74) is 3.76. The largest absolute Gasteiger partial charge is 0.352 e. The average molecular weight is 328 g/mol. The van der Waals surface area contributed by atoms with Crippen molar-refractivity contribution in [1.82, 2.24) is 14.9 Å². The zero-order valence-corrected chi connectivity index (χ0v) is 13.9. The van der Waals surface area contributed by atoms with Crippen LogP contribution in [0.1, 0.15) is 21.7 Å². The minimum absolute atomic E-state index is 0.148. The summed E-state index contributed by atoms with van der Waals surface area (Å²) in [5, 5.41) is 3.37. The van der Waals surface area contributed by atoms with Crippen LogP contribution >= 0.6 is 11.6 Å². The van der Waals surface area contributed by atoms with Crippen LogP contribution in [-0.2, 0) is 13.5 Å². The number of halogens is 1. The first kappa shape index (κ1) is 15.6. The smallest absolute Gasteiger partial charge is 0.252 e. The maximum absolute atomic E-state index is 12.1. The lowest BCUT2D eigenvalue weighted by molar-refractivity contribution is 0.0954. The molecule has 5 heteroatoms. The minimum Gasteiger partial charge on any atom is -0.352 e. The van der Waals surface area contributed by atoms with Crippen LogP contribution < -0.4 is 5.32 Å². The molecule has 118 valence electrons. The molecule has 0 radical (unpaired) electrons. The monoisotopic (exact) mass is 327 g/mol. The summed E-state index contributed by atoms with van der Waals surface area (Å²) in [4.78, 5) is 16.6. The van der Waals surface area contributed by atoms with E-state index in [2.05, 4.69) is 33.1 Å². The molecule has 3 aromatic rings. The minimum atomic E-state index is -0.148. The number of benzene rings is 2. The summed E-state index contributed by atoms with van der Waals surface area (Å²) >= 11 is 6.03. The molecule has 1 amide bonds. The number of aryl methyl sites for hydroxylation is 2. The molecule has 0 aliphatic rings. The Bertz CT molecular complexity index is 870. The van der Waals surface area contributed by atoms with Crippen LogP contribution in [0.5, 0.6) is 0 Å². The summed E-state index contributed by atoms with van der Waals surface area (Å²) in [7, 11) is 2.01. The van der Waals surface area contributed by atoms with Gasteiger partial charge in [-0.25, -0.2) is 4.98 Å². The van der Waals surface area contributed by atoms with Gasteiger partial charge in [-0.15, -0.1) is 0 Å². The van der Waals surface area contributed by atoms with Crippen molar-refractivity contribution in [2.45, 2.75) is 13.3 Å². The highest BCUT2D eigenvalue weighted by Crippen LogP contribution is 2.17. The summed E-state index contributed by atoms with van der Waals surface area (Å²) < 4.78 is 2.07. The normalized spacial score (nSPS) is 10.9. The van der Waals surface area contributed by atoms with E-state index in [9.17, 15) is 4.79 Å². The molecule has 23 heavy (non-hydrogen) atoms. The molecule has 1 heterocycles. The van der Waals surface area contributed by atoms with Gasteiger partial charge in [-0.1, -0.05) is 29.8 Å². The summed E-state index contributed by atoms with van der Waals surface area (Å²) in [6.45, 7) is 2.55. The molecular weight excluding hydrogens is 310 g/mol. The molecule has 0 bridgehead atoms. The zero-order chi connectivity index (χ0) is 16.4. The Labute approximate surface area is 140 Å². The molecule has 0 atom stereocenters. The van der Waals surface area contributed by atoms with Gasteiger partial charge in [0, 0.05) is 13.6 Å². The van der Waals surface area contributed by atoms with E-state index in [-0.39, 0.29) is 5.91 Å². The molecule has 0 saturated heterocycles. The van der Waals surface area contributed by atoms with E-state index in [4.69, 9.17) is 11.6 Å². The van der Waals surface area contributed by atoms with E-state index in [0.29, 0.717) is 17.1 Å². The highest BCUT2D eigenvalue weighted by Gasteiger charge is 2.09. The molecule has 0 aliphatic heterocycles. The fourth-order valence-electron chi connectivity index (χ4n) is 2.58. The second-order valence-corrected chi connectivity index (χ2v) is 5.93. The lowest BCUT2D eigenvalue weighted by Gasteiger charge is -2.07. The van der Waals surface area contributed by atoms with Gasteiger partial charge in [-0.3, -0.25) is 4.79 Å². The van der Waals surface area contributed by atoms with E-state index < -0.39 is 0 Å². The Balaban J connectivity index is 1.65. The molecular formula is C18H18ClN3O. The van der Waals surface area contributed by atoms with Crippen molar-refractivity contribution >= 4 is 28.5 Å². The number of amides is 1. The van der Waals surface area contributed by atoms with Crippen LogP contribution in [-0.4, -0.2) is 22.0 Å². The Kier molecular flexibility index (Phi) is 4.35. The van der Waals surface area contributed by atoms with Gasteiger partial charge in [0.2, 0.25) is 0 Å². The van der Waals surface area contributed by atoms with Gasteiger partial charge in [-0.2, -0.15) is 0 Å². The Hall–Kier alpha value is -2.33. The molecule has 0 fully saturated rings. The van der Waals surface area contributed by atoms with E-state index in [0.717, 1.165) is 28.8 Å². The average Bonchev–Trinajstić information content (AvgIpc) is 2.82. The van der Waals surface area contributed by atoms with Gasteiger partial charge in [0.05, 0.1) is 21.6 Å². The SMILES string of the molecule is Cc1nc2cc(CCNC(=O)c3ccccc3Cl)ccc2n1C. The maximum atomic E-state index is 12.1. The van der Waals surface area contributed by atoms with Crippen LogP contribution in [0, 0.1) is 6.92 Å². The fourth-order valence-corrected chi connectivity index (χ4v) is 2.80.